The van der Waals surface area contributed by atoms with Crippen molar-refractivity contribution in [2.75, 3.05) is 11.9 Å². The van der Waals surface area contributed by atoms with Crippen molar-refractivity contribution in [1.82, 2.24) is 0 Å². The molecule has 3 rings (SSSR count). The number of amides is 1. The first kappa shape index (κ1) is 15.7. The van der Waals surface area contributed by atoms with Crippen molar-refractivity contribution in [1.29, 1.82) is 0 Å². The number of anilines is 1. The molecule has 2 atom stereocenters. The van der Waals surface area contributed by atoms with Crippen molar-refractivity contribution in [3.8, 4) is 0 Å². The van der Waals surface area contributed by atoms with Gasteiger partial charge in [-0.25, -0.2) is 0 Å². The first-order chi connectivity index (χ1) is 10.9. The Balaban J connectivity index is 2.04. The van der Waals surface area contributed by atoms with Crippen molar-refractivity contribution in [3.63, 3.8) is 0 Å². The summed E-state index contributed by atoms with van der Waals surface area (Å²) in [7, 11) is 1.60. The van der Waals surface area contributed by atoms with E-state index in [9.17, 15) is 14.7 Å². The lowest BCUT2D eigenvalue weighted by Crippen LogP contribution is -2.46. The monoisotopic (exact) mass is 329 g/mol. The van der Waals surface area contributed by atoms with Gasteiger partial charge >= 0.3 is 0 Å². The number of rotatable bonds is 3. The number of ketones is 1. The topological polar surface area (TPSA) is 57.6 Å². The largest absolute Gasteiger partial charge is 0.375 e. The van der Waals surface area contributed by atoms with Gasteiger partial charge < -0.3 is 10.0 Å². The summed E-state index contributed by atoms with van der Waals surface area (Å²) < 4.78 is 0. The van der Waals surface area contributed by atoms with Crippen LogP contribution in [0.15, 0.2) is 48.5 Å². The minimum Gasteiger partial charge on any atom is -0.375 e. The van der Waals surface area contributed by atoms with Crippen LogP contribution in [0.2, 0.25) is 5.02 Å². The molecule has 5 heteroatoms. The van der Waals surface area contributed by atoms with Crippen molar-refractivity contribution in [3.05, 3.63) is 64.7 Å². The van der Waals surface area contributed by atoms with Gasteiger partial charge in [-0.05, 0) is 30.3 Å². The number of fused-ring (bicyclic) bond motifs is 1. The third kappa shape index (κ3) is 2.26. The quantitative estimate of drug-likeness (QED) is 0.881. The van der Waals surface area contributed by atoms with Gasteiger partial charge in [-0.3, -0.25) is 9.59 Å². The highest BCUT2D eigenvalue weighted by Gasteiger charge is 2.54. The van der Waals surface area contributed by atoms with Crippen LogP contribution in [0.25, 0.3) is 0 Å². The predicted molar refractivity (Wildman–Crippen MR) is 88.7 cm³/mol. The number of Topliss-reactive ketones (excluding diaryl/α,β-unsaturated/α-hetero) is 1. The summed E-state index contributed by atoms with van der Waals surface area (Å²) in [5, 5.41) is 11.6. The molecule has 1 aliphatic rings. The number of halogens is 1. The van der Waals surface area contributed by atoms with Gasteiger partial charge in [0, 0.05) is 23.2 Å². The second kappa shape index (κ2) is 5.48. The fourth-order valence-electron chi connectivity index (χ4n) is 3.04. The average Bonchev–Trinajstić information content (AvgIpc) is 2.77. The molecule has 0 saturated heterocycles. The zero-order valence-electron chi connectivity index (χ0n) is 12.8. The van der Waals surface area contributed by atoms with E-state index in [1.165, 1.54) is 4.90 Å². The number of carbonyl (C=O) groups is 2. The molecule has 1 heterocycles. The van der Waals surface area contributed by atoms with Gasteiger partial charge in [-0.2, -0.15) is 0 Å². The summed E-state index contributed by atoms with van der Waals surface area (Å²) in [4.78, 5) is 26.7. The first-order valence-electron chi connectivity index (χ1n) is 7.27. The fourth-order valence-corrected chi connectivity index (χ4v) is 3.17. The molecule has 0 spiro atoms. The van der Waals surface area contributed by atoms with E-state index in [0.29, 0.717) is 21.8 Å². The number of aliphatic hydroxyl groups is 1. The Labute approximate surface area is 139 Å². The molecule has 0 radical (unpaired) electrons. The Bertz CT molecular complexity index is 787. The first-order valence-corrected chi connectivity index (χ1v) is 7.65. The number of benzene rings is 2. The summed E-state index contributed by atoms with van der Waals surface area (Å²) in [6.07, 6.45) is 0. The number of carbonyl (C=O) groups excluding carboxylic acids is 2. The van der Waals surface area contributed by atoms with Crippen LogP contribution in [0.1, 0.15) is 22.8 Å². The molecule has 4 nitrogen and oxygen atoms in total. The lowest BCUT2D eigenvalue weighted by molar-refractivity contribution is -0.139. The van der Waals surface area contributed by atoms with Gasteiger partial charge in [0.25, 0.3) is 5.91 Å². The summed E-state index contributed by atoms with van der Waals surface area (Å²) in [5.41, 5.74) is -0.365. The maximum Gasteiger partial charge on any atom is 0.264 e. The summed E-state index contributed by atoms with van der Waals surface area (Å²) in [5.74, 6) is -1.71. The van der Waals surface area contributed by atoms with Crippen LogP contribution in [0.4, 0.5) is 5.69 Å². The molecule has 0 bridgehead atoms. The number of hydrogen-bond acceptors (Lipinski definition) is 3. The van der Waals surface area contributed by atoms with Crippen molar-refractivity contribution < 1.29 is 14.7 Å². The number of likely N-dealkylation sites (N-methyl/N-ethyl adjacent to an activating group) is 1. The molecule has 2 aromatic rings. The summed E-state index contributed by atoms with van der Waals surface area (Å²) >= 11 is 5.84. The summed E-state index contributed by atoms with van der Waals surface area (Å²) in [6, 6.07) is 13.4. The Hall–Kier alpha value is -2.17. The third-order valence-electron chi connectivity index (χ3n) is 4.46. The molecule has 0 unspecified atom stereocenters. The smallest absolute Gasteiger partial charge is 0.264 e. The third-order valence-corrected chi connectivity index (χ3v) is 4.71. The molecule has 118 valence electrons. The minimum atomic E-state index is -1.86. The van der Waals surface area contributed by atoms with Crippen LogP contribution >= 0.6 is 11.6 Å². The van der Waals surface area contributed by atoms with Gasteiger partial charge in [-0.15, -0.1) is 0 Å². The zero-order valence-corrected chi connectivity index (χ0v) is 13.5. The Morgan fingerprint density at radius 1 is 1.17 bits per heavy atom. The maximum absolute atomic E-state index is 12.7. The Morgan fingerprint density at radius 2 is 1.78 bits per heavy atom. The highest BCUT2D eigenvalue weighted by atomic mass is 35.5. The van der Waals surface area contributed by atoms with Gasteiger partial charge in [0.2, 0.25) is 0 Å². The molecule has 1 aliphatic heterocycles. The van der Waals surface area contributed by atoms with Gasteiger partial charge in [0.1, 0.15) is 0 Å². The van der Waals surface area contributed by atoms with Crippen LogP contribution in [-0.4, -0.2) is 23.8 Å². The van der Waals surface area contributed by atoms with Crippen LogP contribution in [0.3, 0.4) is 0 Å². The van der Waals surface area contributed by atoms with Crippen molar-refractivity contribution >= 4 is 29.0 Å². The second-order valence-electron chi connectivity index (χ2n) is 5.74. The van der Waals surface area contributed by atoms with E-state index in [-0.39, 0.29) is 5.78 Å². The molecule has 1 amide bonds. The van der Waals surface area contributed by atoms with Gasteiger partial charge in [0.15, 0.2) is 11.4 Å². The van der Waals surface area contributed by atoms with Gasteiger partial charge in [-0.1, -0.05) is 36.7 Å². The van der Waals surface area contributed by atoms with Crippen molar-refractivity contribution in [2.24, 2.45) is 5.92 Å². The van der Waals surface area contributed by atoms with E-state index in [2.05, 4.69) is 0 Å². The van der Waals surface area contributed by atoms with Crippen LogP contribution in [0, 0.1) is 5.92 Å². The Morgan fingerprint density at radius 3 is 2.43 bits per heavy atom. The Kier molecular flexibility index (Phi) is 3.74. The van der Waals surface area contributed by atoms with E-state index in [1.54, 1.807) is 62.5 Å². The normalized spacial score (nSPS) is 21.2. The van der Waals surface area contributed by atoms with Crippen molar-refractivity contribution in [2.45, 2.75) is 12.5 Å². The fraction of sp³-hybridized carbons (Fsp3) is 0.222. The SMILES string of the molecule is C[C@H](C(=O)c1ccc(Cl)cc1)[C@]1(O)C(=O)N(C)c2ccccc21. The molecule has 0 fully saturated rings. The second-order valence-corrected chi connectivity index (χ2v) is 6.18. The van der Waals surface area contributed by atoms with E-state index in [1.807, 2.05) is 0 Å². The maximum atomic E-state index is 12.7. The minimum absolute atomic E-state index is 0.303. The molecule has 0 saturated carbocycles. The lowest BCUT2D eigenvalue weighted by atomic mass is 9.79. The summed E-state index contributed by atoms with van der Waals surface area (Å²) in [6.45, 7) is 1.57. The standard InChI is InChI=1S/C18H16ClNO3/c1-11(16(21)12-7-9-13(19)10-8-12)18(23)14-5-3-4-6-15(14)20(2)17(18)22/h3-11,23H,1-2H3/t11-,18-/m1/s1. The molecule has 0 aliphatic carbocycles. The highest BCUT2D eigenvalue weighted by Crippen LogP contribution is 2.44. The predicted octanol–water partition coefficient (Wildman–Crippen LogP) is 3.02. The highest BCUT2D eigenvalue weighted by molar-refractivity contribution is 6.30. The van der Waals surface area contributed by atoms with E-state index < -0.39 is 17.4 Å². The van der Waals surface area contributed by atoms with E-state index in [4.69, 9.17) is 11.6 Å². The average molecular weight is 330 g/mol. The number of nitrogens with zero attached hydrogens (tertiary/aromatic N) is 1. The van der Waals surface area contributed by atoms with Gasteiger partial charge in [0.05, 0.1) is 11.6 Å². The lowest BCUT2D eigenvalue weighted by Gasteiger charge is -2.28. The molecule has 0 aromatic heterocycles. The van der Waals surface area contributed by atoms with E-state index >= 15 is 0 Å². The molecule has 23 heavy (non-hydrogen) atoms. The van der Waals surface area contributed by atoms with Crippen LogP contribution in [-0.2, 0) is 10.4 Å². The molecule has 2 aromatic carbocycles. The van der Waals surface area contributed by atoms with Crippen LogP contribution < -0.4 is 4.90 Å². The molecular weight excluding hydrogens is 314 g/mol. The molecule has 1 N–H and O–H groups in total. The molecular formula is C18H16ClNO3. The number of para-hydroxylation sites is 1. The van der Waals surface area contributed by atoms with Crippen LogP contribution in [0.5, 0.6) is 0 Å². The van der Waals surface area contributed by atoms with E-state index in [0.717, 1.165) is 0 Å². The number of hydrogen-bond donors (Lipinski definition) is 1. The zero-order chi connectivity index (χ0) is 16.8.